The summed E-state index contributed by atoms with van der Waals surface area (Å²) < 4.78 is 0. The number of carbonyl (C=O) groups excluding carboxylic acids is 1. The molecule has 6 heteroatoms. The van der Waals surface area contributed by atoms with Crippen LogP contribution in [0.3, 0.4) is 0 Å². The highest BCUT2D eigenvalue weighted by Crippen LogP contribution is 2.17. The van der Waals surface area contributed by atoms with Crippen LogP contribution in [0.1, 0.15) is 32.3 Å². The second-order valence-electron chi connectivity index (χ2n) is 5.24. The maximum atomic E-state index is 12.2. The molecule has 5 nitrogen and oxygen atoms in total. The number of amides is 1. The fourth-order valence-corrected chi connectivity index (χ4v) is 2.78. The summed E-state index contributed by atoms with van der Waals surface area (Å²) in [4.78, 5) is 19.3. The first-order valence-corrected chi connectivity index (χ1v) is 7.83. The Bertz CT molecular complexity index is 465. The fraction of sp³-hybridized carbons (Fsp3) is 0.571. The molecule has 0 aliphatic carbocycles. The number of amidine groups is 1. The fourth-order valence-electron chi connectivity index (χ4n) is 2.13. The number of hydrogen-bond donors (Lipinski definition) is 1. The Morgan fingerprint density at radius 1 is 1.55 bits per heavy atom. The lowest BCUT2D eigenvalue weighted by Gasteiger charge is -2.31. The standard InChI is InChI=1S/C14H21N3O2S/c1-10-3-6-17(7-4-10)14(18)11(2)19-16-13(15)12-5-8-20-9-12/h5,8-11H,3-4,6-7H2,1-2H3,(H2,15,16). The van der Waals surface area contributed by atoms with E-state index in [0.29, 0.717) is 11.8 Å². The quantitative estimate of drug-likeness (QED) is 0.525. The molecular formula is C14H21N3O2S. The van der Waals surface area contributed by atoms with Crippen molar-refractivity contribution in [3.8, 4) is 0 Å². The van der Waals surface area contributed by atoms with Gasteiger partial charge in [-0.2, -0.15) is 11.3 Å². The molecule has 2 rings (SSSR count). The van der Waals surface area contributed by atoms with Gasteiger partial charge in [0.05, 0.1) is 0 Å². The number of oxime groups is 1. The van der Waals surface area contributed by atoms with Gasteiger partial charge in [0.25, 0.3) is 5.91 Å². The van der Waals surface area contributed by atoms with Gasteiger partial charge in [-0.15, -0.1) is 0 Å². The molecule has 1 unspecified atom stereocenters. The number of likely N-dealkylation sites (tertiary alicyclic amines) is 1. The van der Waals surface area contributed by atoms with E-state index < -0.39 is 6.10 Å². The molecule has 0 spiro atoms. The summed E-state index contributed by atoms with van der Waals surface area (Å²) in [5.41, 5.74) is 6.61. The van der Waals surface area contributed by atoms with Gasteiger partial charge in [-0.25, -0.2) is 0 Å². The Kier molecular flexibility index (Phi) is 5.00. The van der Waals surface area contributed by atoms with Crippen molar-refractivity contribution in [1.29, 1.82) is 0 Å². The lowest BCUT2D eigenvalue weighted by molar-refractivity contribution is -0.143. The van der Waals surface area contributed by atoms with Crippen LogP contribution in [0.4, 0.5) is 0 Å². The van der Waals surface area contributed by atoms with Gasteiger partial charge in [0.15, 0.2) is 5.84 Å². The molecule has 110 valence electrons. The minimum atomic E-state index is -0.597. The van der Waals surface area contributed by atoms with Crippen LogP contribution in [0.5, 0.6) is 0 Å². The highest BCUT2D eigenvalue weighted by Gasteiger charge is 2.25. The van der Waals surface area contributed by atoms with Crippen LogP contribution in [0, 0.1) is 5.92 Å². The van der Waals surface area contributed by atoms with Gasteiger partial charge in [0.2, 0.25) is 6.10 Å². The first-order chi connectivity index (χ1) is 9.58. The molecule has 0 radical (unpaired) electrons. The van der Waals surface area contributed by atoms with Gasteiger partial charge >= 0.3 is 0 Å². The molecule has 1 aliphatic rings. The molecule has 20 heavy (non-hydrogen) atoms. The average molecular weight is 295 g/mol. The van der Waals surface area contributed by atoms with E-state index in [1.807, 2.05) is 21.7 Å². The summed E-state index contributed by atoms with van der Waals surface area (Å²) in [6.45, 7) is 5.53. The summed E-state index contributed by atoms with van der Waals surface area (Å²) >= 11 is 1.54. The zero-order valence-electron chi connectivity index (χ0n) is 11.9. The predicted octanol–water partition coefficient (Wildman–Crippen LogP) is 2.03. The van der Waals surface area contributed by atoms with Crippen molar-refractivity contribution in [2.24, 2.45) is 16.8 Å². The van der Waals surface area contributed by atoms with E-state index in [0.717, 1.165) is 31.5 Å². The Balaban J connectivity index is 1.86. The van der Waals surface area contributed by atoms with Crippen molar-refractivity contribution >= 4 is 23.1 Å². The summed E-state index contributed by atoms with van der Waals surface area (Å²) in [5, 5.41) is 7.66. The van der Waals surface area contributed by atoms with E-state index in [4.69, 9.17) is 10.6 Å². The lowest BCUT2D eigenvalue weighted by Crippen LogP contribution is -2.43. The summed E-state index contributed by atoms with van der Waals surface area (Å²) in [6.07, 6.45) is 1.51. The van der Waals surface area contributed by atoms with Crippen molar-refractivity contribution in [3.63, 3.8) is 0 Å². The first kappa shape index (κ1) is 14.8. The van der Waals surface area contributed by atoms with Crippen molar-refractivity contribution in [2.75, 3.05) is 13.1 Å². The highest BCUT2D eigenvalue weighted by molar-refractivity contribution is 7.08. The molecule has 1 aromatic heterocycles. The highest BCUT2D eigenvalue weighted by atomic mass is 32.1. The number of piperidine rings is 1. The van der Waals surface area contributed by atoms with E-state index in [2.05, 4.69) is 12.1 Å². The SMILES string of the molecule is CC1CCN(C(=O)C(C)ON=C(N)c2ccsc2)CC1. The first-order valence-electron chi connectivity index (χ1n) is 6.88. The molecular weight excluding hydrogens is 274 g/mol. The topological polar surface area (TPSA) is 67.9 Å². The number of rotatable bonds is 4. The van der Waals surface area contributed by atoms with Crippen LogP contribution in [0.15, 0.2) is 22.0 Å². The predicted molar refractivity (Wildman–Crippen MR) is 80.6 cm³/mol. The maximum absolute atomic E-state index is 12.2. The minimum Gasteiger partial charge on any atom is -0.381 e. The van der Waals surface area contributed by atoms with Gasteiger partial charge in [0.1, 0.15) is 0 Å². The van der Waals surface area contributed by atoms with Gasteiger partial charge in [-0.1, -0.05) is 12.1 Å². The Labute approximate surface area is 123 Å². The molecule has 0 bridgehead atoms. The number of nitrogens with zero attached hydrogens (tertiary/aromatic N) is 2. The molecule has 0 saturated carbocycles. The second kappa shape index (κ2) is 6.74. The van der Waals surface area contributed by atoms with Crippen molar-refractivity contribution < 1.29 is 9.63 Å². The number of nitrogens with two attached hydrogens (primary N) is 1. The zero-order valence-corrected chi connectivity index (χ0v) is 12.7. The number of hydrogen-bond acceptors (Lipinski definition) is 4. The Morgan fingerprint density at radius 2 is 2.25 bits per heavy atom. The zero-order chi connectivity index (χ0) is 14.5. The average Bonchev–Trinajstić information content (AvgIpc) is 2.98. The molecule has 0 aromatic carbocycles. The van der Waals surface area contributed by atoms with Gasteiger partial charge in [-0.3, -0.25) is 4.79 Å². The van der Waals surface area contributed by atoms with Crippen LogP contribution in [-0.4, -0.2) is 35.8 Å². The van der Waals surface area contributed by atoms with E-state index >= 15 is 0 Å². The Morgan fingerprint density at radius 3 is 2.85 bits per heavy atom. The van der Waals surface area contributed by atoms with Gasteiger partial charge in [-0.05, 0) is 37.1 Å². The summed E-state index contributed by atoms with van der Waals surface area (Å²) in [6, 6.07) is 1.87. The second-order valence-corrected chi connectivity index (χ2v) is 6.02. The monoisotopic (exact) mass is 295 g/mol. The van der Waals surface area contributed by atoms with E-state index in [1.165, 1.54) is 11.3 Å². The van der Waals surface area contributed by atoms with E-state index in [9.17, 15) is 4.79 Å². The largest absolute Gasteiger partial charge is 0.381 e. The van der Waals surface area contributed by atoms with E-state index in [1.54, 1.807) is 6.92 Å². The number of carbonyl (C=O) groups is 1. The van der Waals surface area contributed by atoms with Gasteiger partial charge in [0, 0.05) is 24.0 Å². The molecule has 1 aliphatic heterocycles. The molecule has 1 aromatic rings. The molecule has 1 amide bonds. The normalized spacial score (nSPS) is 18.9. The smallest absolute Gasteiger partial charge is 0.266 e. The maximum Gasteiger partial charge on any atom is 0.266 e. The van der Waals surface area contributed by atoms with Crippen LogP contribution in [0.25, 0.3) is 0 Å². The van der Waals surface area contributed by atoms with Crippen molar-refractivity contribution in [3.05, 3.63) is 22.4 Å². The third-order valence-corrected chi connectivity index (χ3v) is 4.25. The Hall–Kier alpha value is -1.56. The molecule has 2 heterocycles. The van der Waals surface area contributed by atoms with Crippen molar-refractivity contribution in [2.45, 2.75) is 32.8 Å². The lowest BCUT2D eigenvalue weighted by atomic mass is 9.99. The summed E-state index contributed by atoms with van der Waals surface area (Å²) in [5.74, 6) is 0.986. The molecule has 1 atom stereocenters. The van der Waals surface area contributed by atoms with E-state index in [-0.39, 0.29) is 5.91 Å². The van der Waals surface area contributed by atoms with Crippen LogP contribution < -0.4 is 5.73 Å². The summed E-state index contributed by atoms with van der Waals surface area (Å²) in [7, 11) is 0. The van der Waals surface area contributed by atoms with Crippen molar-refractivity contribution in [1.82, 2.24) is 4.90 Å². The molecule has 1 fully saturated rings. The number of thiophene rings is 1. The molecule has 1 saturated heterocycles. The minimum absolute atomic E-state index is 0.0150. The molecule has 2 N–H and O–H groups in total. The van der Waals surface area contributed by atoms with Crippen LogP contribution in [0.2, 0.25) is 0 Å². The third kappa shape index (κ3) is 3.72. The van der Waals surface area contributed by atoms with Gasteiger partial charge < -0.3 is 15.5 Å². The third-order valence-electron chi connectivity index (χ3n) is 3.57. The van der Waals surface area contributed by atoms with Crippen LogP contribution >= 0.6 is 11.3 Å². The van der Waals surface area contributed by atoms with Crippen LogP contribution in [-0.2, 0) is 9.63 Å².